The topological polar surface area (TPSA) is 12.0 Å². The van der Waals surface area contributed by atoms with Gasteiger partial charge in [-0.3, -0.25) is 0 Å². The van der Waals surface area contributed by atoms with Crippen molar-refractivity contribution in [2.45, 2.75) is 38.6 Å². The molecule has 0 spiro atoms. The van der Waals surface area contributed by atoms with Crippen LogP contribution >= 0.6 is 0 Å². The Morgan fingerprint density at radius 1 is 1.25 bits per heavy atom. The van der Waals surface area contributed by atoms with Gasteiger partial charge in [-0.15, -0.1) is 0 Å². The van der Waals surface area contributed by atoms with E-state index in [1.807, 2.05) is 14.0 Å². The van der Waals surface area contributed by atoms with Gasteiger partial charge >= 0.3 is 0 Å². The van der Waals surface area contributed by atoms with Gasteiger partial charge in [0.15, 0.2) is 0 Å². The van der Waals surface area contributed by atoms with Crippen LogP contribution in [0.1, 0.15) is 42.9 Å². The molecule has 2 rings (SSSR count). The zero-order valence-corrected chi connectivity index (χ0v) is 10.1. The van der Waals surface area contributed by atoms with E-state index in [1.165, 1.54) is 25.7 Å². The Hall–Kier alpha value is -0.890. The molecule has 88 valence electrons. The first-order valence-corrected chi connectivity index (χ1v) is 6.15. The fourth-order valence-electron chi connectivity index (χ4n) is 2.91. The Bertz CT molecular complexity index is 336. The molecule has 0 bridgehead atoms. The van der Waals surface area contributed by atoms with Crippen LogP contribution in [0.2, 0.25) is 0 Å². The van der Waals surface area contributed by atoms with E-state index in [4.69, 9.17) is 0 Å². The summed E-state index contributed by atoms with van der Waals surface area (Å²) in [4.78, 5) is 0. The maximum Gasteiger partial charge on any atom is 0.123 e. The zero-order valence-electron chi connectivity index (χ0n) is 10.1. The smallest absolute Gasteiger partial charge is 0.123 e. The third-order valence-electron chi connectivity index (χ3n) is 3.61. The predicted molar refractivity (Wildman–Crippen MR) is 64.9 cm³/mol. The number of benzene rings is 1. The second-order valence-electron chi connectivity index (χ2n) is 4.87. The molecule has 1 unspecified atom stereocenters. The summed E-state index contributed by atoms with van der Waals surface area (Å²) in [6, 6.07) is 5.68. The van der Waals surface area contributed by atoms with E-state index in [0.717, 1.165) is 11.1 Å². The summed E-state index contributed by atoms with van der Waals surface area (Å²) < 4.78 is 13.4. The van der Waals surface area contributed by atoms with Crippen molar-refractivity contribution in [1.29, 1.82) is 0 Å². The minimum Gasteiger partial charge on any atom is -0.313 e. The molecule has 1 aliphatic rings. The molecule has 0 aliphatic heterocycles. The number of nitrogens with one attached hydrogen (secondary N) is 1. The molecule has 1 N–H and O–H groups in total. The minimum atomic E-state index is -0.117. The largest absolute Gasteiger partial charge is 0.313 e. The molecule has 1 fully saturated rings. The van der Waals surface area contributed by atoms with Crippen molar-refractivity contribution in [3.8, 4) is 0 Å². The average molecular weight is 221 g/mol. The highest BCUT2D eigenvalue weighted by Crippen LogP contribution is 2.35. The molecule has 1 aromatic carbocycles. The van der Waals surface area contributed by atoms with Gasteiger partial charge in [-0.25, -0.2) is 4.39 Å². The second kappa shape index (κ2) is 4.96. The van der Waals surface area contributed by atoms with Gasteiger partial charge in [0.2, 0.25) is 0 Å². The first-order valence-electron chi connectivity index (χ1n) is 6.15. The van der Waals surface area contributed by atoms with E-state index in [0.29, 0.717) is 12.0 Å². The third kappa shape index (κ3) is 2.43. The van der Waals surface area contributed by atoms with Crippen LogP contribution in [0.15, 0.2) is 18.2 Å². The fourth-order valence-corrected chi connectivity index (χ4v) is 2.91. The molecular formula is C14H20FN. The summed E-state index contributed by atoms with van der Waals surface area (Å²) in [5.74, 6) is 0.555. The van der Waals surface area contributed by atoms with Gasteiger partial charge in [-0.2, -0.15) is 0 Å². The molecule has 0 saturated heterocycles. The van der Waals surface area contributed by atoms with E-state index in [1.54, 1.807) is 12.1 Å². The number of halogens is 1. The Balaban J connectivity index is 2.24. The highest BCUT2D eigenvalue weighted by Gasteiger charge is 2.25. The number of hydrogen-bond acceptors (Lipinski definition) is 1. The number of aryl methyl sites for hydroxylation is 1. The lowest BCUT2D eigenvalue weighted by atomic mass is 9.91. The molecule has 0 amide bonds. The summed E-state index contributed by atoms with van der Waals surface area (Å²) in [5.41, 5.74) is 2.11. The van der Waals surface area contributed by atoms with Gasteiger partial charge in [0.05, 0.1) is 0 Å². The number of rotatable bonds is 3. The molecule has 1 atom stereocenters. The minimum absolute atomic E-state index is 0.117. The van der Waals surface area contributed by atoms with E-state index in [-0.39, 0.29) is 5.82 Å². The van der Waals surface area contributed by atoms with Gasteiger partial charge in [0, 0.05) is 6.04 Å². The quantitative estimate of drug-likeness (QED) is 0.822. The van der Waals surface area contributed by atoms with Crippen molar-refractivity contribution in [2.24, 2.45) is 5.92 Å². The maximum absolute atomic E-state index is 13.4. The normalized spacial score (nSPS) is 18.9. The standard InChI is InChI=1S/C14H20FN/c1-10-7-12(9-13(15)8-10)14(16-2)11-5-3-4-6-11/h7-9,11,14,16H,3-6H2,1-2H3. The lowest BCUT2D eigenvalue weighted by Crippen LogP contribution is -2.23. The summed E-state index contributed by atoms with van der Waals surface area (Å²) >= 11 is 0. The van der Waals surface area contributed by atoms with Crippen molar-refractivity contribution >= 4 is 0 Å². The van der Waals surface area contributed by atoms with E-state index < -0.39 is 0 Å². The lowest BCUT2D eigenvalue weighted by Gasteiger charge is -2.23. The molecule has 1 aliphatic carbocycles. The Morgan fingerprint density at radius 2 is 1.94 bits per heavy atom. The van der Waals surface area contributed by atoms with E-state index in [9.17, 15) is 4.39 Å². The van der Waals surface area contributed by atoms with Gasteiger partial charge in [-0.05, 0) is 56.0 Å². The third-order valence-corrected chi connectivity index (χ3v) is 3.61. The molecule has 0 aromatic heterocycles. The van der Waals surface area contributed by atoms with Crippen molar-refractivity contribution in [3.05, 3.63) is 35.1 Å². The van der Waals surface area contributed by atoms with Crippen LogP contribution in [-0.4, -0.2) is 7.05 Å². The van der Waals surface area contributed by atoms with Crippen LogP contribution in [0.3, 0.4) is 0 Å². The van der Waals surface area contributed by atoms with Crippen molar-refractivity contribution < 1.29 is 4.39 Å². The van der Waals surface area contributed by atoms with Gasteiger partial charge in [0.1, 0.15) is 5.82 Å². The Morgan fingerprint density at radius 3 is 2.50 bits per heavy atom. The lowest BCUT2D eigenvalue weighted by molar-refractivity contribution is 0.389. The molecular weight excluding hydrogens is 201 g/mol. The zero-order chi connectivity index (χ0) is 11.5. The number of hydrogen-bond donors (Lipinski definition) is 1. The second-order valence-corrected chi connectivity index (χ2v) is 4.87. The van der Waals surface area contributed by atoms with Crippen LogP contribution in [0.5, 0.6) is 0 Å². The van der Waals surface area contributed by atoms with Crippen LogP contribution < -0.4 is 5.32 Å². The van der Waals surface area contributed by atoms with Crippen molar-refractivity contribution in [2.75, 3.05) is 7.05 Å². The molecule has 0 heterocycles. The predicted octanol–water partition coefficient (Wildman–Crippen LogP) is 3.58. The summed E-state index contributed by atoms with van der Waals surface area (Å²) in [6.45, 7) is 1.95. The Labute approximate surface area is 97.1 Å². The highest BCUT2D eigenvalue weighted by atomic mass is 19.1. The first-order chi connectivity index (χ1) is 7.70. The molecule has 1 nitrogen and oxygen atoms in total. The van der Waals surface area contributed by atoms with Crippen LogP contribution in [0, 0.1) is 18.7 Å². The SMILES string of the molecule is CNC(c1cc(C)cc(F)c1)C1CCCC1. The van der Waals surface area contributed by atoms with Crippen molar-refractivity contribution in [3.63, 3.8) is 0 Å². The van der Waals surface area contributed by atoms with Crippen molar-refractivity contribution in [1.82, 2.24) is 5.32 Å². The summed E-state index contributed by atoms with van der Waals surface area (Å²) in [5, 5.41) is 3.35. The van der Waals surface area contributed by atoms with Gasteiger partial charge in [-0.1, -0.05) is 18.9 Å². The highest BCUT2D eigenvalue weighted by molar-refractivity contribution is 5.27. The first kappa shape index (κ1) is 11.6. The average Bonchev–Trinajstić information content (AvgIpc) is 2.70. The summed E-state index contributed by atoms with van der Waals surface area (Å²) in [7, 11) is 1.98. The van der Waals surface area contributed by atoms with Crippen LogP contribution in [0.25, 0.3) is 0 Å². The maximum atomic E-state index is 13.4. The van der Waals surface area contributed by atoms with E-state index >= 15 is 0 Å². The molecule has 0 radical (unpaired) electrons. The fraction of sp³-hybridized carbons (Fsp3) is 0.571. The molecule has 1 saturated carbocycles. The molecule has 16 heavy (non-hydrogen) atoms. The van der Waals surface area contributed by atoms with E-state index in [2.05, 4.69) is 11.4 Å². The van der Waals surface area contributed by atoms with Crippen LogP contribution in [0.4, 0.5) is 4.39 Å². The van der Waals surface area contributed by atoms with Gasteiger partial charge in [0.25, 0.3) is 0 Å². The molecule has 1 aromatic rings. The van der Waals surface area contributed by atoms with Gasteiger partial charge < -0.3 is 5.32 Å². The Kier molecular flexibility index (Phi) is 3.59. The molecule has 2 heteroatoms. The summed E-state index contributed by atoms with van der Waals surface area (Å²) in [6.07, 6.45) is 5.16. The monoisotopic (exact) mass is 221 g/mol. The van der Waals surface area contributed by atoms with Crippen LogP contribution in [-0.2, 0) is 0 Å².